The smallest absolute Gasteiger partial charge is 0.225 e. The zero-order chi connectivity index (χ0) is 15.1. The second kappa shape index (κ2) is 5.07. The van der Waals surface area contributed by atoms with Crippen LogP contribution < -0.4 is 0 Å². The average molecular weight is 291 g/mol. The Hall–Kier alpha value is -1.46. The molecule has 2 fully saturated rings. The van der Waals surface area contributed by atoms with Crippen molar-refractivity contribution in [1.29, 1.82) is 0 Å². The van der Waals surface area contributed by atoms with E-state index in [9.17, 15) is 10.1 Å². The third-order valence-electron chi connectivity index (χ3n) is 4.71. The Bertz CT molecular complexity index is 522. The number of nitrogens with zero attached hydrogens (tertiary/aromatic N) is 1. The lowest BCUT2D eigenvalue weighted by molar-refractivity contribution is -0.553. The Morgan fingerprint density at radius 2 is 1.81 bits per heavy atom. The van der Waals surface area contributed by atoms with E-state index < -0.39 is 17.2 Å². The maximum Gasteiger partial charge on any atom is 0.225 e. The van der Waals surface area contributed by atoms with E-state index in [1.807, 2.05) is 44.2 Å². The molecule has 2 atom stereocenters. The molecular weight excluding hydrogens is 270 g/mol. The quantitative estimate of drug-likeness (QED) is 0.621. The molecule has 114 valence electrons. The van der Waals surface area contributed by atoms with Crippen LogP contribution in [0.2, 0.25) is 0 Å². The van der Waals surface area contributed by atoms with Crippen LogP contribution in [-0.4, -0.2) is 30.0 Å². The van der Waals surface area contributed by atoms with Gasteiger partial charge in [0.2, 0.25) is 6.04 Å². The van der Waals surface area contributed by atoms with Crippen molar-refractivity contribution in [2.24, 2.45) is 5.41 Å². The Kier molecular flexibility index (Phi) is 3.50. The van der Waals surface area contributed by atoms with Crippen molar-refractivity contribution < 1.29 is 14.4 Å². The van der Waals surface area contributed by atoms with Gasteiger partial charge in [-0.3, -0.25) is 10.1 Å². The van der Waals surface area contributed by atoms with Crippen molar-refractivity contribution in [3.63, 3.8) is 0 Å². The van der Waals surface area contributed by atoms with Crippen molar-refractivity contribution in [3.05, 3.63) is 46.0 Å². The summed E-state index contributed by atoms with van der Waals surface area (Å²) in [5.41, 5.74) is 0.512. The van der Waals surface area contributed by atoms with Gasteiger partial charge in [0, 0.05) is 23.2 Å². The summed E-state index contributed by atoms with van der Waals surface area (Å²) in [4.78, 5) is 11.6. The van der Waals surface area contributed by atoms with E-state index in [-0.39, 0.29) is 10.8 Å². The summed E-state index contributed by atoms with van der Waals surface area (Å²) in [6.07, 6.45) is 1.11. The molecule has 0 amide bonds. The van der Waals surface area contributed by atoms with Crippen molar-refractivity contribution in [2.45, 2.75) is 44.4 Å². The molecule has 21 heavy (non-hydrogen) atoms. The molecule has 0 radical (unpaired) electrons. The first-order valence-corrected chi connectivity index (χ1v) is 7.40. The molecule has 0 unspecified atom stereocenters. The van der Waals surface area contributed by atoms with E-state index in [1.165, 1.54) is 0 Å². The Morgan fingerprint density at radius 1 is 1.19 bits per heavy atom. The Balaban J connectivity index is 2.01. The van der Waals surface area contributed by atoms with Crippen LogP contribution in [-0.2, 0) is 9.47 Å². The molecule has 0 bridgehead atoms. The largest absolute Gasteiger partial charge is 0.347 e. The normalized spacial score (nSPS) is 30.4. The van der Waals surface area contributed by atoms with Gasteiger partial charge in [0.25, 0.3) is 0 Å². The fraction of sp³-hybridized carbons (Fsp3) is 0.625. The molecule has 1 aliphatic carbocycles. The molecule has 0 N–H and O–H groups in total. The van der Waals surface area contributed by atoms with Gasteiger partial charge in [0.05, 0.1) is 19.1 Å². The van der Waals surface area contributed by atoms with Crippen LogP contribution in [0.25, 0.3) is 0 Å². The number of benzene rings is 1. The predicted octanol–water partition coefficient (Wildman–Crippen LogP) is 2.98. The fourth-order valence-electron chi connectivity index (χ4n) is 4.01. The first kappa shape index (κ1) is 14.5. The third kappa shape index (κ3) is 2.56. The number of ether oxygens (including phenoxy) is 2. The number of rotatable bonds is 2. The number of hydrogen-bond donors (Lipinski definition) is 0. The molecule has 5 heteroatoms. The van der Waals surface area contributed by atoms with Gasteiger partial charge in [-0.05, 0) is 5.56 Å². The summed E-state index contributed by atoms with van der Waals surface area (Å²) < 4.78 is 11.7. The lowest BCUT2D eigenvalue weighted by atomic mass is 9.64. The molecule has 1 saturated heterocycles. The minimum Gasteiger partial charge on any atom is -0.347 e. The third-order valence-corrected chi connectivity index (χ3v) is 4.71. The second-order valence-corrected chi connectivity index (χ2v) is 6.72. The maximum absolute atomic E-state index is 11.7. The summed E-state index contributed by atoms with van der Waals surface area (Å²) in [7, 11) is 0. The van der Waals surface area contributed by atoms with Crippen LogP contribution in [0.3, 0.4) is 0 Å². The highest BCUT2D eigenvalue weighted by atomic mass is 16.7. The molecule has 1 saturated carbocycles. The van der Waals surface area contributed by atoms with Crippen LogP contribution in [0.1, 0.15) is 38.2 Å². The molecule has 0 aromatic heterocycles. The Labute approximate surface area is 124 Å². The van der Waals surface area contributed by atoms with Crippen LogP contribution in [0.5, 0.6) is 0 Å². The molecule has 1 heterocycles. The maximum atomic E-state index is 11.7. The van der Waals surface area contributed by atoms with E-state index >= 15 is 0 Å². The zero-order valence-electron chi connectivity index (χ0n) is 12.5. The van der Waals surface area contributed by atoms with Crippen LogP contribution >= 0.6 is 0 Å². The van der Waals surface area contributed by atoms with Gasteiger partial charge in [-0.15, -0.1) is 0 Å². The first-order valence-electron chi connectivity index (χ1n) is 7.40. The number of nitro groups is 1. The first-order chi connectivity index (χ1) is 9.94. The van der Waals surface area contributed by atoms with E-state index in [2.05, 4.69) is 0 Å². The molecule has 1 aromatic carbocycles. The highest BCUT2D eigenvalue weighted by molar-refractivity contribution is 5.24. The van der Waals surface area contributed by atoms with Gasteiger partial charge < -0.3 is 9.47 Å². The molecular formula is C16H21NO4. The predicted molar refractivity (Wildman–Crippen MR) is 77.6 cm³/mol. The topological polar surface area (TPSA) is 61.6 Å². The average Bonchev–Trinajstić information content (AvgIpc) is 2.85. The van der Waals surface area contributed by atoms with Gasteiger partial charge >= 0.3 is 0 Å². The zero-order valence-corrected chi connectivity index (χ0v) is 12.5. The second-order valence-electron chi connectivity index (χ2n) is 6.72. The van der Waals surface area contributed by atoms with Gasteiger partial charge in [-0.25, -0.2) is 0 Å². The van der Waals surface area contributed by atoms with Gasteiger partial charge in [-0.2, -0.15) is 0 Å². The molecule has 2 aliphatic rings. The van der Waals surface area contributed by atoms with Crippen molar-refractivity contribution in [3.8, 4) is 0 Å². The molecule has 1 aliphatic heterocycles. The summed E-state index contributed by atoms with van der Waals surface area (Å²) >= 11 is 0. The van der Waals surface area contributed by atoms with E-state index in [1.54, 1.807) is 0 Å². The summed E-state index contributed by atoms with van der Waals surface area (Å²) in [6, 6.07) is 9.08. The minimum atomic E-state index is -0.656. The molecule has 5 nitrogen and oxygen atoms in total. The van der Waals surface area contributed by atoms with Crippen molar-refractivity contribution in [2.75, 3.05) is 13.2 Å². The summed E-state index contributed by atoms with van der Waals surface area (Å²) in [6.45, 7) is 5.03. The highest BCUT2D eigenvalue weighted by Gasteiger charge is 2.58. The van der Waals surface area contributed by atoms with Crippen LogP contribution in [0.4, 0.5) is 0 Å². The van der Waals surface area contributed by atoms with Gasteiger partial charge in [-0.1, -0.05) is 44.2 Å². The monoisotopic (exact) mass is 291 g/mol. The molecule has 1 spiro atoms. The summed E-state index contributed by atoms with van der Waals surface area (Å²) in [5, 5.41) is 11.7. The van der Waals surface area contributed by atoms with E-state index in [0.717, 1.165) is 5.56 Å². The number of hydrogen-bond acceptors (Lipinski definition) is 4. The Morgan fingerprint density at radius 3 is 2.38 bits per heavy atom. The minimum absolute atomic E-state index is 0.126. The van der Waals surface area contributed by atoms with E-state index in [4.69, 9.17) is 9.47 Å². The standard InChI is InChI=1S/C16H21NO4/c1-15(2)11-16(20-8-9-21-16)10-13(14(15)17(18)19)12-6-4-3-5-7-12/h3-7,13-14H,8-11H2,1-2H3/t13-,14-/m0/s1. The van der Waals surface area contributed by atoms with Crippen molar-refractivity contribution >= 4 is 0 Å². The lowest BCUT2D eigenvalue weighted by Gasteiger charge is -2.46. The fourth-order valence-corrected chi connectivity index (χ4v) is 4.01. The van der Waals surface area contributed by atoms with Gasteiger partial charge in [0.15, 0.2) is 5.79 Å². The van der Waals surface area contributed by atoms with Crippen LogP contribution in [0.15, 0.2) is 30.3 Å². The highest BCUT2D eigenvalue weighted by Crippen LogP contribution is 2.52. The van der Waals surface area contributed by atoms with Gasteiger partial charge in [0.1, 0.15) is 0 Å². The van der Waals surface area contributed by atoms with Crippen molar-refractivity contribution in [1.82, 2.24) is 0 Å². The molecule has 1 aromatic rings. The SMILES string of the molecule is CC1(C)CC2(C[C@@H](c3ccccc3)[C@@H]1[N+](=O)[O-])OCCO2. The lowest BCUT2D eigenvalue weighted by Crippen LogP contribution is -2.53. The van der Waals surface area contributed by atoms with E-state index in [0.29, 0.717) is 26.1 Å². The summed E-state index contributed by atoms with van der Waals surface area (Å²) in [5.74, 6) is -0.848. The van der Waals surface area contributed by atoms with Crippen LogP contribution in [0, 0.1) is 15.5 Å². The molecule has 3 rings (SSSR count).